The van der Waals surface area contributed by atoms with Gasteiger partial charge in [-0.25, -0.2) is 0 Å². The minimum absolute atomic E-state index is 0.0201. The average Bonchev–Trinajstić information content (AvgIpc) is 3.02. The van der Waals surface area contributed by atoms with Crippen LogP contribution in [0, 0.1) is 5.92 Å². The molecule has 0 bridgehead atoms. The SMILES string of the molecule is CCOc1ccccc1-n1nnnc1SCC(=O)NCCC(C)C. The molecule has 2 rings (SSSR count). The van der Waals surface area contributed by atoms with Crippen molar-refractivity contribution >= 4 is 17.7 Å². The maximum absolute atomic E-state index is 11.9. The molecular weight excluding hydrogens is 326 g/mol. The van der Waals surface area contributed by atoms with Crippen molar-refractivity contribution in [3.63, 3.8) is 0 Å². The van der Waals surface area contributed by atoms with Crippen LogP contribution in [-0.2, 0) is 4.79 Å². The number of carbonyl (C=O) groups is 1. The number of thioether (sulfide) groups is 1. The van der Waals surface area contributed by atoms with Crippen LogP contribution in [0.25, 0.3) is 5.69 Å². The van der Waals surface area contributed by atoms with Crippen molar-refractivity contribution in [3.05, 3.63) is 24.3 Å². The van der Waals surface area contributed by atoms with E-state index in [1.54, 1.807) is 4.68 Å². The highest BCUT2D eigenvalue weighted by Gasteiger charge is 2.14. The third-order valence-corrected chi connectivity index (χ3v) is 4.13. The predicted octanol–water partition coefficient (Wildman–Crippen LogP) is 2.32. The number of hydrogen-bond acceptors (Lipinski definition) is 6. The van der Waals surface area contributed by atoms with Gasteiger partial charge in [0.05, 0.1) is 12.4 Å². The van der Waals surface area contributed by atoms with Gasteiger partial charge in [0.2, 0.25) is 11.1 Å². The lowest BCUT2D eigenvalue weighted by Crippen LogP contribution is -2.27. The second-order valence-electron chi connectivity index (χ2n) is 5.60. The number of ether oxygens (including phenoxy) is 1. The van der Waals surface area contributed by atoms with Gasteiger partial charge in [-0.1, -0.05) is 37.7 Å². The first-order valence-corrected chi connectivity index (χ1v) is 9.00. The van der Waals surface area contributed by atoms with E-state index in [1.807, 2.05) is 31.2 Å². The van der Waals surface area contributed by atoms with Crippen molar-refractivity contribution < 1.29 is 9.53 Å². The largest absolute Gasteiger partial charge is 0.492 e. The first kappa shape index (κ1) is 18.3. The van der Waals surface area contributed by atoms with Crippen LogP contribution in [0.1, 0.15) is 27.2 Å². The summed E-state index contributed by atoms with van der Waals surface area (Å²) in [6.45, 7) is 7.43. The van der Waals surface area contributed by atoms with Gasteiger partial charge in [0.25, 0.3) is 0 Å². The number of benzene rings is 1. The van der Waals surface area contributed by atoms with Gasteiger partial charge in [0, 0.05) is 6.54 Å². The Hall–Kier alpha value is -2.09. The van der Waals surface area contributed by atoms with Gasteiger partial charge < -0.3 is 10.1 Å². The Balaban J connectivity index is 1.99. The molecule has 24 heavy (non-hydrogen) atoms. The third-order valence-electron chi connectivity index (χ3n) is 3.21. The van der Waals surface area contributed by atoms with E-state index < -0.39 is 0 Å². The van der Waals surface area contributed by atoms with E-state index in [0.29, 0.717) is 30.0 Å². The fourth-order valence-electron chi connectivity index (χ4n) is 2.01. The van der Waals surface area contributed by atoms with Crippen LogP contribution in [0.2, 0.25) is 0 Å². The molecule has 1 heterocycles. The number of amides is 1. The van der Waals surface area contributed by atoms with E-state index in [9.17, 15) is 4.79 Å². The Bertz CT molecular complexity index is 659. The number of nitrogens with one attached hydrogen (secondary N) is 1. The molecule has 0 aliphatic rings. The summed E-state index contributed by atoms with van der Waals surface area (Å²) >= 11 is 1.30. The van der Waals surface area contributed by atoms with Crippen molar-refractivity contribution in [2.45, 2.75) is 32.3 Å². The molecule has 7 nitrogen and oxygen atoms in total. The number of tetrazole rings is 1. The average molecular weight is 349 g/mol. The number of para-hydroxylation sites is 2. The van der Waals surface area contributed by atoms with Crippen LogP contribution in [-0.4, -0.2) is 45.0 Å². The summed E-state index contributed by atoms with van der Waals surface area (Å²) in [6.07, 6.45) is 0.968. The van der Waals surface area contributed by atoms with Crippen LogP contribution in [0.5, 0.6) is 5.75 Å². The van der Waals surface area contributed by atoms with Crippen molar-refractivity contribution in [2.75, 3.05) is 18.9 Å². The topological polar surface area (TPSA) is 81.9 Å². The van der Waals surface area contributed by atoms with E-state index in [2.05, 4.69) is 34.7 Å². The van der Waals surface area contributed by atoms with Crippen molar-refractivity contribution in [2.24, 2.45) is 5.92 Å². The van der Waals surface area contributed by atoms with Crippen LogP contribution in [0.15, 0.2) is 29.4 Å². The molecule has 0 saturated heterocycles. The summed E-state index contributed by atoms with van der Waals surface area (Å²) in [5, 5.41) is 15.2. The molecule has 0 saturated carbocycles. The number of aromatic nitrogens is 4. The van der Waals surface area contributed by atoms with Crippen molar-refractivity contribution in [1.29, 1.82) is 0 Å². The summed E-state index contributed by atoms with van der Waals surface area (Å²) < 4.78 is 7.21. The maximum atomic E-state index is 11.9. The molecule has 0 atom stereocenters. The molecule has 2 aromatic rings. The zero-order valence-corrected chi connectivity index (χ0v) is 15.0. The molecule has 8 heteroatoms. The molecule has 130 valence electrons. The summed E-state index contributed by atoms with van der Waals surface area (Å²) in [7, 11) is 0. The minimum Gasteiger partial charge on any atom is -0.492 e. The molecule has 0 radical (unpaired) electrons. The molecule has 1 N–H and O–H groups in total. The number of carbonyl (C=O) groups excluding carboxylic acids is 1. The summed E-state index contributed by atoms with van der Waals surface area (Å²) in [5.74, 6) is 1.53. The van der Waals surface area contributed by atoms with E-state index in [0.717, 1.165) is 12.1 Å². The normalized spacial score (nSPS) is 10.8. The summed E-state index contributed by atoms with van der Waals surface area (Å²) in [5.41, 5.74) is 0.757. The van der Waals surface area contributed by atoms with Gasteiger partial charge >= 0.3 is 0 Å². The first-order chi connectivity index (χ1) is 11.6. The highest BCUT2D eigenvalue weighted by molar-refractivity contribution is 7.99. The van der Waals surface area contributed by atoms with Crippen LogP contribution >= 0.6 is 11.8 Å². The number of nitrogens with zero attached hydrogens (tertiary/aromatic N) is 4. The zero-order chi connectivity index (χ0) is 17.4. The molecule has 0 fully saturated rings. The lowest BCUT2D eigenvalue weighted by Gasteiger charge is -2.10. The smallest absolute Gasteiger partial charge is 0.230 e. The second kappa shape index (κ2) is 9.27. The fraction of sp³-hybridized carbons (Fsp3) is 0.500. The highest BCUT2D eigenvalue weighted by Crippen LogP contribution is 2.25. The Morgan fingerprint density at radius 2 is 2.17 bits per heavy atom. The van der Waals surface area contributed by atoms with Gasteiger partial charge in [-0.05, 0) is 41.8 Å². The van der Waals surface area contributed by atoms with Gasteiger partial charge in [0.15, 0.2) is 0 Å². The van der Waals surface area contributed by atoms with E-state index in [1.165, 1.54) is 11.8 Å². The molecule has 0 spiro atoms. The molecule has 1 aromatic carbocycles. The van der Waals surface area contributed by atoms with Gasteiger partial charge in [-0.15, -0.1) is 5.10 Å². The Labute approximate surface area is 146 Å². The van der Waals surface area contributed by atoms with E-state index >= 15 is 0 Å². The third kappa shape index (κ3) is 5.23. The monoisotopic (exact) mass is 349 g/mol. The van der Waals surface area contributed by atoms with Crippen LogP contribution < -0.4 is 10.1 Å². The molecule has 0 aliphatic carbocycles. The van der Waals surface area contributed by atoms with Gasteiger partial charge in [-0.2, -0.15) is 4.68 Å². The van der Waals surface area contributed by atoms with Crippen molar-refractivity contribution in [3.8, 4) is 11.4 Å². The second-order valence-corrected chi connectivity index (χ2v) is 6.54. The number of rotatable bonds is 9. The Morgan fingerprint density at radius 3 is 2.92 bits per heavy atom. The van der Waals surface area contributed by atoms with Crippen LogP contribution in [0.4, 0.5) is 0 Å². The molecule has 1 amide bonds. The van der Waals surface area contributed by atoms with E-state index in [-0.39, 0.29) is 11.7 Å². The molecule has 1 aromatic heterocycles. The van der Waals surface area contributed by atoms with Gasteiger partial charge in [-0.3, -0.25) is 4.79 Å². The fourth-order valence-corrected chi connectivity index (χ4v) is 2.72. The summed E-state index contributed by atoms with van der Waals surface area (Å²) in [6, 6.07) is 7.54. The Morgan fingerprint density at radius 1 is 1.38 bits per heavy atom. The van der Waals surface area contributed by atoms with Crippen LogP contribution in [0.3, 0.4) is 0 Å². The quantitative estimate of drug-likeness (QED) is 0.700. The minimum atomic E-state index is -0.0201. The lowest BCUT2D eigenvalue weighted by molar-refractivity contribution is -0.118. The lowest BCUT2D eigenvalue weighted by atomic mass is 10.1. The van der Waals surface area contributed by atoms with Gasteiger partial charge in [0.1, 0.15) is 11.4 Å². The first-order valence-electron chi connectivity index (χ1n) is 8.02. The van der Waals surface area contributed by atoms with Crippen molar-refractivity contribution in [1.82, 2.24) is 25.5 Å². The maximum Gasteiger partial charge on any atom is 0.230 e. The predicted molar refractivity (Wildman–Crippen MR) is 93.5 cm³/mol. The highest BCUT2D eigenvalue weighted by atomic mass is 32.2. The molecule has 0 unspecified atom stereocenters. The molecular formula is C16H23N5O2S. The summed E-state index contributed by atoms with van der Waals surface area (Å²) in [4.78, 5) is 11.9. The number of hydrogen-bond donors (Lipinski definition) is 1. The van der Waals surface area contributed by atoms with E-state index in [4.69, 9.17) is 4.74 Å². The zero-order valence-electron chi connectivity index (χ0n) is 14.2. The standard InChI is InChI=1S/C16H23N5O2S/c1-4-23-14-8-6-5-7-13(14)21-16(18-19-20-21)24-11-15(22)17-10-9-12(2)3/h5-8,12H,4,9-11H2,1-3H3,(H,17,22). The Kier molecular flexibility index (Phi) is 7.05. The molecule has 0 aliphatic heterocycles.